The molecule has 1 unspecified atom stereocenters. The number of carbonyl (C=O) groups excluding carboxylic acids is 3. The van der Waals surface area contributed by atoms with Gasteiger partial charge in [0.05, 0.1) is 76.6 Å². The predicted molar refractivity (Wildman–Crippen MR) is 225 cm³/mol. The molecule has 1 aromatic carbocycles. The number of morpholine rings is 1. The average Bonchev–Trinajstić information content (AvgIpc) is 4.13. The molecule has 2 N–H and O–H groups in total. The fourth-order valence-electron chi connectivity index (χ4n) is 10.3. The van der Waals surface area contributed by atoms with Crippen molar-refractivity contribution in [1.82, 2.24) is 39.4 Å². The monoisotopic (exact) mass is 848 g/mol. The quantitative estimate of drug-likeness (QED) is 0.139. The molecule has 1 saturated carbocycles. The Kier molecular flexibility index (Phi) is 11.0. The molecule has 5 aromatic rings. The smallest absolute Gasteiger partial charge is 0.284 e. The van der Waals surface area contributed by atoms with Gasteiger partial charge in [-0.3, -0.25) is 29.1 Å². The van der Waals surface area contributed by atoms with Crippen molar-refractivity contribution >= 4 is 45.5 Å². The van der Waals surface area contributed by atoms with Crippen molar-refractivity contribution < 1.29 is 32.6 Å². The van der Waals surface area contributed by atoms with E-state index >= 15 is 0 Å². The third-order valence-electron chi connectivity index (χ3n) is 13.5. The summed E-state index contributed by atoms with van der Waals surface area (Å²) in [5.41, 5.74) is 3.84. The van der Waals surface area contributed by atoms with Crippen molar-refractivity contribution in [3.8, 4) is 11.8 Å². The fraction of sp³-hybridized carbons (Fsp3) is 0.511. The molecule has 3 atom stereocenters. The van der Waals surface area contributed by atoms with Crippen molar-refractivity contribution in [3.05, 3.63) is 71.4 Å². The maximum Gasteiger partial charge on any atom is 0.284 e. The van der Waals surface area contributed by atoms with Gasteiger partial charge in [0.15, 0.2) is 5.69 Å². The van der Waals surface area contributed by atoms with Gasteiger partial charge in [0, 0.05) is 63.1 Å². The van der Waals surface area contributed by atoms with E-state index in [-0.39, 0.29) is 35.8 Å². The first-order chi connectivity index (χ1) is 30.1. The number of para-hydroxylation sites is 1. The number of hydrogen-bond acceptors (Lipinski definition) is 10. The number of likely N-dealkylation sites (tertiary alicyclic amines) is 1. The Bertz CT molecular complexity index is 2580. The van der Waals surface area contributed by atoms with E-state index in [1.54, 1.807) is 20.1 Å². The Morgan fingerprint density at radius 3 is 2.66 bits per heavy atom. The van der Waals surface area contributed by atoms with Crippen molar-refractivity contribution in [2.45, 2.75) is 94.4 Å². The van der Waals surface area contributed by atoms with Crippen LogP contribution >= 0.6 is 0 Å². The summed E-state index contributed by atoms with van der Waals surface area (Å²) >= 11 is 0. The number of amides is 3. The number of pyridine rings is 1. The molecule has 10 rings (SSSR count). The van der Waals surface area contributed by atoms with Crippen LogP contribution in [-0.2, 0) is 26.1 Å². The highest BCUT2D eigenvalue weighted by Crippen LogP contribution is 2.37. The highest BCUT2D eigenvalue weighted by Gasteiger charge is 2.39. The summed E-state index contributed by atoms with van der Waals surface area (Å²) in [6.07, 6.45) is 9.53. The largest absolute Gasteiger partial charge is 0.374 e. The molecular formula is C45H50F2N10O5. The second kappa shape index (κ2) is 16.9. The van der Waals surface area contributed by atoms with Gasteiger partial charge in [-0.15, -0.1) is 0 Å². The second-order valence-electron chi connectivity index (χ2n) is 17.4. The van der Waals surface area contributed by atoms with E-state index in [0.29, 0.717) is 54.8 Å². The van der Waals surface area contributed by atoms with Crippen LogP contribution in [0.3, 0.4) is 0 Å². The summed E-state index contributed by atoms with van der Waals surface area (Å²) in [6.45, 7) is 4.68. The molecule has 324 valence electrons. The van der Waals surface area contributed by atoms with Gasteiger partial charge in [-0.05, 0) is 75.5 Å². The van der Waals surface area contributed by atoms with E-state index in [2.05, 4.69) is 47.6 Å². The molecule has 4 aromatic heterocycles. The molecule has 2 bridgehead atoms. The number of rotatable bonds is 10. The van der Waals surface area contributed by atoms with Crippen LogP contribution in [0.2, 0.25) is 0 Å². The van der Waals surface area contributed by atoms with Crippen LogP contribution in [0.5, 0.6) is 0 Å². The number of ether oxygens (including phenoxy) is 2. The number of nitrogens with zero attached hydrogens (tertiary/aromatic N) is 8. The Hall–Kier alpha value is -5.70. The molecule has 15 nitrogen and oxygen atoms in total. The third-order valence-corrected chi connectivity index (χ3v) is 13.5. The van der Waals surface area contributed by atoms with Crippen LogP contribution in [0, 0.1) is 17.8 Å². The van der Waals surface area contributed by atoms with Crippen molar-refractivity contribution in [3.63, 3.8) is 0 Å². The standard InChI is InChI=1S/C45H50F2N10O5/c1-53-42-28(4-2-6-34(42)40(51-53)35-11-12-39(58)50-44(35)59)5-3-19-61-32-14-16-54(17-15-32)23-27-7-9-29(10-8-27)57-25-37(41(52-57)43(46)47)49-45(60)36-22-48-56-18-13-30(21-38(36)56)55-24-33-20-31(55)26-62-33/h2,4,6,13,18,21-22,25,27,29,31-33,35,43H,7-12,14-17,19-20,23-24,26H2,1H3,(H,49,60)(H,50,58,59)/t27-,29-,31-,33-,35?/m1/s1. The number of aryl methyl sites for hydroxylation is 1. The first-order valence-electron chi connectivity index (χ1n) is 21.8. The molecule has 4 aliphatic heterocycles. The molecule has 8 heterocycles. The van der Waals surface area contributed by atoms with Crippen molar-refractivity contribution in [2.75, 3.05) is 49.6 Å². The number of carbonyl (C=O) groups is 3. The molecular weight excluding hydrogens is 799 g/mol. The lowest BCUT2D eigenvalue weighted by atomic mass is 9.85. The lowest BCUT2D eigenvalue weighted by molar-refractivity contribution is -0.134. The number of imide groups is 1. The number of anilines is 2. The zero-order valence-electron chi connectivity index (χ0n) is 34.6. The predicted octanol–water partition coefficient (Wildman–Crippen LogP) is 5.37. The summed E-state index contributed by atoms with van der Waals surface area (Å²) < 4.78 is 45.6. The number of benzene rings is 1. The van der Waals surface area contributed by atoms with Gasteiger partial charge in [-0.2, -0.15) is 15.3 Å². The Labute approximate surface area is 357 Å². The Morgan fingerprint density at radius 2 is 1.90 bits per heavy atom. The minimum Gasteiger partial charge on any atom is -0.374 e. The number of fused-ring (bicyclic) bond motifs is 4. The number of piperidine rings is 2. The molecule has 3 amide bonds. The van der Waals surface area contributed by atoms with E-state index in [4.69, 9.17) is 9.47 Å². The maximum absolute atomic E-state index is 14.3. The molecule has 5 fully saturated rings. The maximum atomic E-state index is 14.3. The summed E-state index contributed by atoms with van der Waals surface area (Å²) in [6, 6.07) is 10.00. The summed E-state index contributed by atoms with van der Waals surface area (Å²) in [5, 5.41) is 19.3. The van der Waals surface area contributed by atoms with Crippen LogP contribution in [0.15, 0.2) is 48.9 Å². The van der Waals surface area contributed by atoms with Crippen LogP contribution < -0.4 is 15.5 Å². The molecule has 0 spiro atoms. The van der Waals surface area contributed by atoms with Crippen molar-refractivity contribution in [2.24, 2.45) is 13.0 Å². The van der Waals surface area contributed by atoms with E-state index in [9.17, 15) is 23.2 Å². The van der Waals surface area contributed by atoms with Gasteiger partial charge in [0.2, 0.25) is 11.8 Å². The van der Waals surface area contributed by atoms with Gasteiger partial charge in [-0.1, -0.05) is 24.0 Å². The van der Waals surface area contributed by atoms with Gasteiger partial charge < -0.3 is 24.6 Å². The SMILES string of the molecule is Cn1nc(C2CCC(=O)NC2=O)c2cccc(C#CCOC3CCN(C[C@H]4CC[C@H](n5cc(NC(=O)c6cnn7ccc(N8C[C@H]9C[C@@H]8CO9)cc67)c(C(F)F)n5)CC4)CC3)c21. The fourth-order valence-corrected chi connectivity index (χ4v) is 10.3. The van der Waals surface area contributed by atoms with Gasteiger partial charge in [0.25, 0.3) is 12.3 Å². The number of halogens is 2. The first-order valence-corrected chi connectivity index (χ1v) is 21.8. The van der Waals surface area contributed by atoms with Crippen LogP contribution in [0.25, 0.3) is 16.4 Å². The summed E-state index contributed by atoms with van der Waals surface area (Å²) in [4.78, 5) is 42.6. The molecule has 17 heteroatoms. The molecule has 4 saturated heterocycles. The van der Waals surface area contributed by atoms with Crippen LogP contribution in [0.1, 0.15) is 103 Å². The molecule has 62 heavy (non-hydrogen) atoms. The average molecular weight is 849 g/mol. The number of nitrogens with one attached hydrogen (secondary N) is 2. The number of hydrogen-bond donors (Lipinski definition) is 2. The summed E-state index contributed by atoms with van der Waals surface area (Å²) in [5.74, 6) is 5.42. The van der Waals surface area contributed by atoms with Gasteiger partial charge in [0.1, 0.15) is 6.61 Å². The Morgan fingerprint density at radius 1 is 1.06 bits per heavy atom. The Balaban J connectivity index is 0.695. The van der Waals surface area contributed by atoms with Crippen LogP contribution in [0.4, 0.5) is 20.2 Å². The van der Waals surface area contributed by atoms with Gasteiger partial charge >= 0.3 is 0 Å². The zero-order chi connectivity index (χ0) is 42.5. The van der Waals surface area contributed by atoms with E-state index in [1.807, 2.05) is 43.6 Å². The van der Waals surface area contributed by atoms with Crippen LogP contribution in [-0.4, -0.2) is 109 Å². The van der Waals surface area contributed by atoms with Gasteiger partial charge in [-0.25, -0.2) is 13.3 Å². The highest BCUT2D eigenvalue weighted by atomic mass is 19.3. The number of aromatic nitrogens is 6. The topological polar surface area (TPSA) is 153 Å². The molecule has 5 aliphatic rings. The third kappa shape index (κ3) is 7.95. The lowest BCUT2D eigenvalue weighted by Crippen LogP contribution is -2.40. The summed E-state index contributed by atoms with van der Waals surface area (Å²) in [7, 11) is 1.84. The minimum atomic E-state index is -2.84. The zero-order valence-corrected chi connectivity index (χ0v) is 34.6. The molecule has 0 radical (unpaired) electrons. The number of alkyl halides is 2. The highest BCUT2D eigenvalue weighted by molar-refractivity contribution is 6.09. The lowest BCUT2D eigenvalue weighted by Gasteiger charge is -2.36. The minimum absolute atomic E-state index is 0.0220. The normalized spacial score (nSPS) is 24.6. The van der Waals surface area contributed by atoms with E-state index in [1.165, 1.54) is 6.20 Å². The van der Waals surface area contributed by atoms with Crippen molar-refractivity contribution in [1.29, 1.82) is 0 Å². The van der Waals surface area contributed by atoms with E-state index < -0.39 is 23.9 Å². The first kappa shape index (κ1) is 40.4. The van der Waals surface area contributed by atoms with E-state index in [0.717, 1.165) is 93.3 Å². The second-order valence-corrected chi connectivity index (χ2v) is 17.4. The molecule has 1 aliphatic carbocycles.